The molecule has 4 rings (SSSR count). The maximum absolute atomic E-state index is 13.2. The van der Waals surface area contributed by atoms with Crippen molar-refractivity contribution in [1.82, 2.24) is 25.3 Å². The molecule has 1 aliphatic heterocycles. The van der Waals surface area contributed by atoms with Gasteiger partial charge in [-0.1, -0.05) is 12.1 Å². The molecule has 1 aliphatic carbocycles. The van der Waals surface area contributed by atoms with Gasteiger partial charge < -0.3 is 20.3 Å². The molecule has 2 aliphatic rings. The lowest BCUT2D eigenvalue weighted by Gasteiger charge is -2.34. The molecule has 8 heteroatoms. The molecular weight excluding hydrogens is 382 g/mol. The van der Waals surface area contributed by atoms with Gasteiger partial charge in [0.1, 0.15) is 6.10 Å². The second kappa shape index (κ2) is 8.73. The molecule has 0 spiro atoms. The van der Waals surface area contributed by atoms with Crippen LogP contribution in [0.3, 0.4) is 0 Å². The fraction of sp³-hybridized carbons (Fsp3) is 0.591. The number of hydrogen-bond donors (Lipinski definition) is 2. The molecule has 1 aromatic carbocycles. The first-order chi connectivity index (χ1) is 14.5. The summed E-state index contributed by atoms with van der Waals surface area (Å²) in [5.41, 5.74) is 3.08. The highest BCUT2D eigenvalue weighted by molar-refractivity contribution is 5.84. The molecule has 2 N–H and O–H groups in total. The Morgan fingerprint density at radius 1 is 1.40 bits per heavy atom. The number of nitrogens with zero attached hydrogens (tertiary/aromatic N) is 3. The van der Waals surface area contributed by atoms with Gasteiger partial charge in [-0.25, -0.2) is 0 Å². The van der Waals surface area contributed by atoms with Crippen LogP contribution in [-0.2, 0) is 20.9 Å². The molecule has 1 aromatic heterocycles. The number of aromatic nitrogens is 2. The predicted molar refractivity (Wildman–Crippen MR) is 114 cm³/mol. The Morgan fingerprint density at radius 2 is 2.20 bits per heavy atom. The SMILES string of the molecule is CC(=O)NCCn1nc(C)c2ccc([C@@H](C)N(C(=O)[C@H]3CNCCO3)C3CC3)cc21. The molecule has 162 valence electrons. The predicted octanol–water partition coefficient (Wildman–Crippen LogP) is 1.52. The molecule has 1 saturated carbocycles. The third kappa shape index (κ3) is 4.34. The Balaban J connectivity index is 1.58. The lowest BCUT2D eigenvalue weighted by Crippen LogP contribution is -2.50. The normalized spacial score (nSPS) is 20.2. The van der Waals surface area contributed by atoms with Crippen LogP contribution in [0.25, 0.3) is 10.9 Å². The Morgan fingerprint density at radius 3 is 2.87 bits per heavy atom. The topological polar surface area (TPSA) is 88.5 Å². The third-order valence-corrected chi connectivity index (χ3v) is 5.96. The van der Waals surface area contributed by atoms with Gasteiger partial charge in [0.2, 0.25) is 5.91 Å². The van der Waals surface area contributed by atoms with Gasteiger partial charge >= 0.3 is 0 Å². The van der Waals surface area contributed by atoms with Gasteiger partial charge in [-0.05, 0) is 38.3 Å². The smallest absolute Gasteiger partial charge is 0.253 e. The average Bonchev–Trinajstić information content (AvgIpc) is 3.53. The minimum atomic E-state index is -0.407. The highest BCUT2D eigenvalue weighted by Crippen LogP contribution is 2.36. The highest BCUT2D eigenvalue weighted by atomic mass is 16.5. The van der Waals surface area contributed by atoms with Crippen molar-refractivity contribution in [1.29, 1.82) is 0 Å². The van der Waals surface area contributed by atoms with Gasteiger partial charge in [0.05, 0.1) is 30.4 Å². The van der Waals surface area contributed by atoms with Crippen LogP contribution < -0.4 is 10.6 Å². The number of morpholine rings is 1. The minimum absolute atomic E-state index is 0.0427. The summed E-state index contributed by atoms with van der Waals surface area (Å²) < 4.78 is 7.68. The summed E-state index contributed by atoms with van der Waals surface area (Å²) in [6.07, 6.45) is 1.69. The zero-order valence-electron chi connectivity index (χ0n) is 18.0. The molecule has 0 unspecified atom stereocenters. The number of aryl methyl sites for hydroxylation is 1. The van der Waals surface area contributed by atoms with Crippen molar-refractivity contribution < 1.29 is 14.3 Å². The molecule has 0 radical (unpaired) electrons. The first-order valence-electron chi connectivity index (χ1n) is 10.8. The number of benzene rings is 1. The number of carbonyl (C=O) groups is 2. The van der Waals surface area contributed by atoms with E-state index in [1.54, 1.807) is 0 Å². The number of rotatable bonds is 7. The molecule has 0 bridgehead atoms. The van der Waals surface area contributed by atoms with Crippen LogP contribution in [-0.4, -0.2) is 64.9 Å². The molecule has 8 nitrogen and oxygen atoms in total. The van der Waals surface area contributed by atoms with E-state index in [9.17, 15) is 9.59 Å². The maximum Gasteiger partial charge on any atom is 0.253 e. The zero-order chi connectivity index (χ0) is 21.3. The second-order valence-electron chi connectivity index (χ2n) is 8.28. The fourth-order valence-corrected chi connectivity index (χ4v) is 4.22. The second-order valence-corrected chi connectivity index (χ2v) is 8.28. The summed E-state index contributed by atoms with van der Waals surface area (Å²) in [5.74, 6) is 0.0307. The van der Waals surface area contributed by atoms with Gasteiger partial charge in [0.25, 0.3) is 5.91 Å². The lowest BCUT2D eigenvalue weighted by molar-refractivity contribution is -0.148. The van der Waals surface area contributed by atoms with E-state index in [0.717, 1.165) is 41.5 Å². The van der Waals surface area contributed by atoms with Crippen LogP contribution in [0.4, 0.5) is 0 Å². The average molecular weight is 414 g/mol. The summed E-state index contributed by atoms with van der Waals surface area (Å²) in [4.78, 5) is 26.4. The van der Waals surface area contributed by atoms with E-state index in [-0.39, 0.29) is 17.9 Å². The summed E-state index contributed by atoms with van der Waals surface area (Å²) in [6.45, 7) is 8.68. The monoisotopic (exact) mass is 413 g/mol. The first kappa shape index (κ1) is 20.8. The fourth-order valence-electron chi connectivity index (χ4n) is 4.22. The van der Waals surface area contributed by atoms with Gasteiger partial charge in [-0.15, -0.1) is 0 Å². The van der Waals surface area contributed by atoms with Crippen LogP contribution >= 0.6 is 0 Å². The van der Waals surface area contributed by atoms with E-state index in [4.69, 9.17) is 4.74 Å². The van der Waals surface area contributed by atoms with E-state index in [1.165, 1.54) is 6.92 Å². The maximum atomic E-state index is 13.2. The van der Waals surface area contributed by atoms with Crippen LogP contribution in [0, 0.1) is 6.92 Å². The van der Waals surface area contributed by atoms with Gasteiger partial charge in [0.15, 0.2) is 0 Å². The van der Waals surface area contributed by atoms with Crippen molar-refractivity contribution in [2.75, 3.05) is 26.2 Å². The van der Waals surface area contributed by atoms with Gasteiger partial charge in [-0.3, -0.25) is 14.3 Å². The Bertz CT molecular complexity index is 930. The van der Waals surface area contributed by atoms with E-state index in [1.807, 2.05) is 16.5 Å². The van der Waals surface area contributed by atoms with Gasteiger partial charge in [-0.2, -0.15) is 5.10 Å². The number of hydrogen-bond acceptors (Lipinski definition) is 5. The Kier molecular flexibility index (Phi) is 6.06. The molecule has 1 saturated heterocycles. The number of ether oxygens (including phenoxy) is 1. The van der Waals surface area contributed by atoms with Crippen molar-refractivity contribution >= 4 is 22.7 Å². The summed E-state index contributed by atoms with van der Waals surface area (Å²) in [6, 6.07) is 6.57. The van der Waals surface area contributed by atoms with Crippen LogP contribution in [0.2, 0.25) is 0 Å². The Labute approximate surface area is 176 Å². The van der Waals surface area contributed by atoms with Crippen molar-refractivity contribution in [3.8, 4) is 0 Å². The van der Waals surface area contributed by atoms with Crippen LogP contribution in [0.1, 0.15) is 44.0 Å². The first-order valence-corrected chi connectivity index (χ1v) is 10.8. The quantitative estimate of drug-likeness (QED) is 0.719. The van der Waals surface area contributed by atoms with E-state index >= 15 is 0 Å². The zero-order valence-corrected chi connectivity index (χ0v) is 18.0. The van der Waals surface area contributed by atoms with Crippen molar-refractivity contribution in [3.63, 3.8) is 0 Å². The molecule has 2 heterocycles. The largest absolute Gasteiger partial charge is 0.366 e. The van der Waals surface area contributed by atoms with E-state index < -0.39 is 6.10 Å². The summed E-state index contributed by atoms with van der Waals surface area (Å²) >= 11 is 0. The van der Waals surface area contributed by atoms with Gasteiger partial charge in [0, 0.05) is 38.0 Å². The molecule has 30 heavy (non-hydrogen) atoms. The van der Waals surface area contributed by atoms with E-state index in [0.29, 0.717) is 32.3 Å². The summed E-state index contributed by atoms with van der Waals surface area (Å²) in [7, 11) is 0. The molecule has 2 fully saturated rings. The van der Waals surface area contributed by atoms with Crippen molar-refractivity contribution in [2.45, 2.75) is 58.3 Å². The highest BCUT2D eigenvalue weighted by Gasteiger charge is 2.40. The number of fused-ring (bicyclic) bond motifs is 1. The molecule has 2 aromatic rings. The molecular formula is C22H31N5O3. The van der Waals surface area contributed by atoms with Crippen molar-refractivity contribution in [2.24, 2.45) is 0 Å². The molecule has 2 amide bonds. The number of carbonyl (C=O) groups excluding carboxylic acids is 2. The van der Waals surface area contributed by atoms with E-state index in [2.05, 4.69) is 40.9 Å². The molecule has 2 atom stereocenters. The lowest BCUT2D eigenvalue weighted by atomic mass is 10.0. The standard InChI is InChI=1S/C22H31N5O3/c1-14-19-7-4-17(12-20(19)26(25-14)10-8-24-16(3)28)15(2)27(18-5-6-18)22(29)21-13-23-9-11-30-21/h4,7,12,15,18,21,23H,5-6,8-11,13H2,1-3H3,(H,24,28)/t15-,21-/m1/s1. The van der Waals surface area contributed by atoms with Crippen LogP contribution in [0.5, 0.6) is 0 Å². The number of nitrogens with one attached hydrogen (secondary N) is 2. The Hall–Kier alpha value is -2.45. The van der Waals surface area contributed by atoms with Crippen molar-refractivity contribution in [3.05, 3.63) is 29.5 Å². The minimum Gasteiger partial charge on any atom is -0.366 e. The third-order valence-electron chi connectivity index (χ3n) is 5.96. The van der Waals surface area contributed by atoms with Crippen LogP contribution in [0.15, 0.2) is 18.2 Å². The number of amides is 2. The summed E-state index contributed by atoms with van der Waals surface area (Å²) in [5, 5.41) is 11.8.